The fraction of sp³-hybridized carbons (Fsp3) is 0.893. The molecule has 0 aliphatic rings. The van der Waals surface area contributed by atoms with Crippen LogP contribution in [0.1, 0.15) is 296 Å². The summed E-state index contributed by atoms with van der Waals surface area (Å²) in [7, 11) is 0. The Bertz CT molecular complexity index is 966. The van der Waals surface area contributed by atoms with Crippen molar-refractivity contribution in [1.29, 1.82) is 0 Å². The number of carbonyl (C=O) groups excluding carboxylic acids is 2. The third-order valence-electron chi connectivity index (χ3n) is 12.7. The van der Waals surface area contributed by atoms with E-state index in [4.69, 9.17) is 4.74 Å². The van der Waals surface area contributed by atoms with Gasteiger partial charge in [0.2, 0.25) is 5.91 Å². The molecule has 0 aromatic heterocycles. The van der Waals surface area contributed by atoms with Crippen molar-refractivity contribution in [2.45, 2.75) is 309 Å². The lowest BCUT2D eigenvalue weighted by molar-refractivity contribution is -0.143. The van der Waals surface area contributed by atoms with Crippen LogP contribution in [0.3, 0.4) is 0 Å². The van der Waals surface area contributed by atoms with Crippen LogP contribution in [0.2, 0.25) is 0 Å². The second-order valence-corrected chi connectivity index (χ2v) is 18.9. The molecule has 0 saturated heterocycles. The molecule has 366 valence electrons. The van der Waals surface area contributed by atoms with Crippen LogP contribution in [0.4, 0.5) is 0 Å². The molecule has 0 bridgehead atoms. The Labute approximate surface area is 386 Å². The fourth-order valence-electron chi connectivity index (χ4n) is 8.45. The van der Waals surface area contributed by atoms with Crippen molar-refractivity contribution in [3.8, 4) is 0 Å². The zero-order valence-electron chi connectivity index (χ0n) is 41.6. The molecule has 2 atom stereocenters. The third kappa shape index (κ3) is 47.8. The predicted octanol–water partition coefficient (Wildman–Crippen LogP) is 16.7. The maximum absolute atomic E-state index is 12.4. The number of amides is 1. The summed E-state index contributed by atoms with van der Waals surface area (Å²) in [5.41, 5.74) is 0. The lowest BCUT2D eigenvalue weighted by Gasteiger charge is -2.20. The molecule has 0 heterocycles. The van der Waals surface area contributed by atoms with Crippen LogP contribution in [0.25, 0.3) is 0 Å². The highest BCUT2D eigenvalue weighted by molar-refractivity contribution is 5.76. The van der Waals surface area contributed by atoms with Crippen molar-refractivity contribution in [2.75, 3.05) is 13.2 Å². The number of hydrogen-bond donors (Lipinski definition) is 3. The van der Waals surface area contributed by atoms with Crippen LogP contribution in [0.15, 0.2) is 24.3 Å². The number of aliphatic hydroxyl groups excluding tert-OH is 2. The number of aliphatic hydroxyl groups is 2. The Hall–Kier alpha value is -1.66. The molecule has 0 aliphatic carbocycles. The fourth-order valence-corrected chi connectivity index (χ4v) is 8.45. The van der Waals surface area contributed by atoms with Crippen LogP contribution >= 0.6 is 0 Å². The van der Waals surface area contributed by atoms with Gasteiger partial charge in [0.15, 0.2) is 0 Å². The van der Waals surface area contributed by atoms with Crippen molar-refractivity contribution >= 4 is 11.9 Å². The second-order valence-electron chi connectivity index (χ2n) is 18.9. The van der Waals surface area contributed by atoms with E-state index in [1.807, 2.05) is 6.08 Å². The van der Waals surface area contributed by atoms with Gasteiger partial charge in [0.05, 0.1) is 25.4 Å². The molecule has 2 unspecified atom stereocenters. The van der Waals surface area contributed by atoms with Gasteiger partial charge >= 0.3 is 5.97 Å². The molecule has 0 spiro atoms. The molecule has 0 aromatic rings. The van der Waals surface area contributed by atoms with Crippen molar-refractivity contribution < 1.29 is 24.5 Å². The lowest BCUT2D eigenvalue weighted by Crippen LogP contribution is -2.45. The first-order chi connectivity index (χ1) is 30.5. The van der Waals surface area contributed by atoms with E-state index in [9.17, 15) is 19.8 Å². The molecule has 0 aliphatic heterocycles. The molecule has 0 saturated carbocycles. The standard InChI is InChI=1S/C56H107NO5/c1-3-5-7-9-11-13-15-17-25-28-32-36-40-44-48-54(59)53(52-58)57-55(60)49-45-41-37-33-29-26-23-21-19-18-20-22-24-27-31-35-39-43-47-51-62-56(61)50-46-42-38-34-30-16-14-12-10-8-6-4-2/h18-19,44,48,53-54,58-59H,3-17,20-43,45-47,49-52H2,1-2H3,(H,57,60)/b19-18-,48-44+. The molecule has 0 radical (unpaired) electrons. The highest BCUT2D eigenvalue weighted by Crippen LogP contribution is 2.16. The quantitative estimate of drug-likeness (QED) is 0.0321. The van der Waals surface area contributed by atoms with Gasteiger partial charge in [0.1, 0.15) is 0 Å². The summed E-state index contributed by atoms with van der Waals surface area (Å²) in [5.74, 6) is -0.0734. The lowest BCUT2D eigenvalue weighted by atomic mass is 10.0. The van der Waals surface area contributed by atoms with Crippen molar-refractivity contribution in [2.24, 2.45) is 0 Å². The topological polar surface area (TPSA) is 95.9 Å². The zero-order valence-corrected chi connectivity index (χ0v) is 41.6. The minimum absolute atomic E-state index is 0.00372. The molecule has 6 nitrogen and oxygen atoms in total. The summed E-state index contributed by atoms with van der Waals surface area (Å²) in [6.07, 6.45) is 61.9. The summed E-state index contributed by atoms with van der Waals surface area (Å²) in [6.45, 7) is 4.89. The average Bonchev–Trinajstić information content (AvgIpc) is 3.27. The normalized spacial score (nSPS) is 12.8. The number of rotatable bonds is 51. The van der Waals surface area contributed by atoms with Gasteiger partial charge in [0, 0.05) is 12.8 Å². The van der Waals surface area contributed by atoms with E-state index < -0.39 is 12.1 Å². The van der Waals surface area contributed by atoms with Crippen LogP contribution in [-0.2, 0) is 14.3 Å². The van der Waals surface area contributed by atoms with Crippen molar-refractivity contribution in [1.82, 2.24) is 5.32 Å². The minimum Gasteiger partial charge on any atom is -0.466 e. The third-order valence-corrected chi connectivity index (χ3v) is 12.7. The molecule has 0 rings (SSSR count). The number of carbonyl (C=O) groups is 2. The number of esters is 1. The maximum Gasteiger partial charge on any atom is 0.305 e. The monoisotopic (exact) mass is 874 g/mol. The van der Waals surface area contributed by atoms with Gasteiger partial charge in [-0.15, -0.1) is 0 Å². The summed E-state index contributed by atoms with van der Waals surface area (Å²) in [5, 5.41) is 23.1. The van der Waals surface area contributed by atoms with Crippen LogP contribution in [-0.4, -0.2) is 47.4 Å². The molecule has 62 heavy (non-hydrogen) atoms. The SMILES string of the molecule is CCCCCCCCCCCCCC/C=C/C(O)C(CO)NC(=O)CCCCCCCCC/C=C\CCCCCCCCCCOC(=O)CCCCCCCCCCCCCC. The van der Waals surface area contributed by atoms with E-state index in [1.54, 1.807) is 6.08 Å². The first kappa shape index (κ1) is 60.3. The highest BCUT2D eigenvalue weighted by Gasteiger charge is 2.18. The van der Waals surface area contributed by atoms with Gasteiger partial charge in [-0.05, 0) is 57.8 Å². The highest BCUT2D eigenvalue weighted by atomic mass is 16.5. The Morgan fingerprint density at radius 1 is 0.435 bits per heavy atom. The Morgan fingerprint density at radius 2 is 0.758 bits per heavy atom. The zero-order chi connectivity index (χ0) is 45.1. The number of hydrogen-bond acceptors (Lipinski definition) is 5. The van der Waals surface area contributed by atoms with Crippen molar-refractivity contribution in [3.63, 3.8) is 0 Å². The maximum atomic E-state index is 12.4. The molecule has 0 fully saturated rings. The first-order valence-corrected chi connectivity index (χ1v) is 27.6. The van der Waals surface area contributed by atoms with Gasteiger partial charge in [0.25, 0.3) is 0 Å². The van der Waals surface area contributed by atoms with Gasteiger partial charge in [-0.25, -0.2) is 0 Å². The first-order valence-electron chi connectivity index (χ1n) is 27.6. The largest absolute Gasteiger partial charge is 0.466 e. The van der Waals surface area contributed by atoms with Gasteiger partial charge in [-0.2, -0.15) is 0 Å². The predicted molar refractivity (Wildman–Crippen MR) is 269 cm³/mol. The molecule has 1 amide bonds. The van der Waals surface area contributed by atoms with E-state index in [0.717, 1.165) is 51.4 Å². The van der Waals surface area contributed by atoms with E-state index in [-0.39, 0.29) is 18.5 Å². The molecule has 6 heteroatoms. The van der Waals surface area contributed by atoms with Crippen LogP contribution in [0.5, 0.6) is 0 Å². The Morgan fingerprint density at radius 3 is 1.15 bits per heavy atom. The number of ether oxygens (including phenoxy) is 1. The van der Waals surface area contributed by atoms with Crippen LogP contribution < -0.4 is 5.32 Å². The van der Waals surface area contributed by atoms with Gasteiger partial charge in [-0.3, -0.25) is 9.59 Å². The second kappa shape index (κ2) is 52.0. The summed E-state index contributed by atoms with van der Waals surface area (Å²) < 4.78 is 5.46. The van der Waals surface area contributed by atoms with E-state index in [0.29, 0.717) is 19.4 Å². The smallest absolute Gasteiger partial charge is 0.305 e. The van der Waals surface area contributed by atoms with Crippen molar-refractivity contribution in [3.05, 3.63) is 24.3 Å². The van der Waals surface area contributed by atoms with Gasteiger partial charge < -0.3 is 20.3 Å². The minimum atomic E-state index is -0.849. The van der Waals surface area contributed by atoms with Gasteiger partial charge in [-0.1, -0.05) is 250 Å². The Kier molecular flexibility index (Phi) is 50.6. The average molecular weight is 874 g/mol. The molecular formula is C56H107NO5. The summed E-state index contributed by atoms with van der Waals surface area (Å²) in [4.78, 5) is 24.4. The van der Waals surface area contributed by atoms with Crippen LogP contribution in [0, 0.1) is 0 Å². The Balaban J connectivity index is 3.47. The molecule has 3 N–H and O–H groups in total. The van der Waals surface area contributed by atoms with E-state index in [1.165, 1.54) is 218 Å². The summed E-state index contributed by atoms with van der Waals surface area (Å²) in [6, 6.07) is -0.634. The molecule has 0 aromatic carbocycles. The molecular weight excluding hydrogens is 767 g/mol. The van der Waals surface area contributed by atoms with E-state index >= 15 is 0 Å². The number of unbranched alkanes of at least 4 members (excludes halogenated alkanes) is 38. The summed E-state index contributed by atoms with van der Waals surface area (Å²) >= 11 is 0. The van der Waals surface area contributed by atoms with E-state index in [2.05, 4.69) is 31.3 Å². The number of nitrogens with one attached hydrogen (secondary N) is 1. The number of allylic oxidation sites excluding steroid dienone is 3.